The summed E-state index contributed by atoms with van der Waals surface area (Å²) in [6.45, 7) is 5.34. The maximum absolute atomic E-state index is 14.2. The van der Waals surface area contributed by atoms with Crippen LogP contribution < -0.4 is 0 Å². The van der Waals surface area contributed by atoms with Gasteiger partial charge in [-0.25, -0.2) is 4.79 Å². The molecule has 7 rings (SSSR count). The van der Waals surface area contributed by atoms with Crippen molar-refractivity contribution in [3.05, 3.63) is 24.2 Å². The third-order valence-electron chi connectivity index (χ3n) is 11.9. The lowest BCUT2D eigenvalue weighted by Gasteiger charge is -2.63. The summed E-state index contributed by atoms with van der Waals surface area (Å²) in [4.78, 5) is 40.1. The molecule has 4 aliphatic carbocycles. The smallest absolute Gasteiger partial charge is 0.335 e. The summed E-state index contributed by atoms with van der Waals surface area (Å²) >= 11 is 0. The van der Waals surface area contributed by atoms with E-state index in [1.165, 1.54) is 12.5 Å². The Morgan fingerprint density at radius 1 is 1.22 bits per heavy atom. The third kappa shape index (κ3) is 2.08. The molecule has 2 saturated heterocycles. The normalized spacial score (nSPS) is 55.6. The van der Waals surface area contributed by atoms with E-state index in [1.54, 1.807) is 19.9 Å². The molecule has 37 heavy (non-hydrogen) atoms. The Bertz CT molecular complexity index is 1240. The molecule has 4 saturated carbocycles. The van der Waals surface area contributed by atoms with Crippen LogP contribution in [0.5, 0.6) is 0 Å². The number of aliphatic hydroxyl groups is 3. The van der Waals surface area contributed by atoms with E-state index in [0.29, 0.717) is 18.4 Å². The number of furan rings is 1. The summed E-state index contributed by atoms with van der Waals surface area (Å²) < 4.78 is 22.7. The average Bonchev–Trinajstić information content (AvgIpc) is 3.52. The van der Waals surface area contributed by atoms with Crippen molar-refractivity contribution in [3.8, 4) is 0 Å². The lowest BCUT2D eigenvalue weighted by molar-refractivity contribution is -0.295. The van der Waals surface area contributed by atoms with Crippen LogP contribution in [0.1, 0.15) is 58.1 Å². The number of rotatable bonds is 3. The molecule has 3 heterocycles. The highest BCUT2D eigenvalue weighted by Gasteiger charge is 2.95. The summed E-state index contributed by atoms with van der Waals surface area (Å²) in [6, 6.07) is 1.71. The summed E-state index contributed by atoms with van der Waals surface area (Å²) in [5.41, 5.74) is -7.81. The summed E-state index contributed by atoms with van der Waals surface area (Å²) in [5, 5.41) is 36.8. The number of ketones is 1. The number of esters is 2. The number of fused-ring (bicyclic) bond motifs is 2. The SMILES string of the molecule is COC(=O)C(O)[C@@H]1[C@@]2(C)[C@H]3CC[C@@]4(C)[C@H](c5ccoc5)OC(=O)C[C@@]45OC4C(=O)[C@]1(C)C[C@]2(O)C4[C@@]35O. The molecule has 1 aromatic rings. The fourth-order valence-corrected chi connectivity index (χ4v) is 10.7. The maximum atomic E-state index is 14.2. The second-order valence-electron chi connectivity index (χ2n) is 12.9. The molecule has 6 fully saturated rings. The molecule has 10 heteroatoms. The van der Waals surface area contributed by atoms with Crippen LogP contribution in [-0.4, -0.2) is 69.2 Å². The van der Waals surface area contributed by atoms with E-state index in [2.05, 4.69) is 0 Å². The van der Waals surface area contributed by atoms with Crippen LogP contribution >= 0.6 is 0 Å². The molecule has 2 aliphatic heterocycles. The van der Waals surface area contributed by atoms with Gasteiger partial charge in [0.1, 0.15) is 23.4 Å². The summed E-state index contributed by atoms with van der Waals surface area (Å²) in [7, 11) is 1.16. The number of cyclic esters (lactones) is 1. The van der Waals surface area contributed by atoms with Crippen LogP contribution in [0, 0.1) is 34.0 Å². The van der Waals surface area contributed by atoms with Gasteiger partial charge in [-0.15, -0.1) is 0 Å². The highest BCUT2D eigenvalue weighted by atomic mass is 16.6. The average molecular weight is 517 g/mol. The highest BCUT2D eigenvalue weighted by molar-refractivity contribution is 5.94. The van der Waals surface area contributed by atoms with E-state index >= 15 is 0 Å². The topological polar surface area (TPSA) is 153 Å². The molecule has 0 aromatic carbocycles. The number of carbonyl (C=O) groups excluding carboxylic acids is 3. The molecular formula is C27H32O10. The molecular weight excluding hydrogens is 484 g/mol. The fourth-order valence-electron chi connectivity index (χ4n) is 10.7. The number of methoxy groups -OCH3 is 1. The fraction of sp³-hybridized carbons (Fsp3) is 0.741. The number of carbonyl (C=O) groups is 3. The van der Waals surface area contributed by atoms with Crippen LogP contribution in [0.3, 0.4) is 0 Å². The number of Topliss-reactive ketones (excluding diaryl/α,β-unsaturated/α-hetero) is 1. The van der Waals surface area contributed by atoms with Crippen molar-refractivity contribution >= 4 is 17.7 Å². The van der Waals surface area contributed by atoms with Gasteiger partial charge in [0, 0.05) is 27.7 Å². The molecule has 200 valence electrons. The summed E-state index contributed by atoms with van der Waals surface area (Å²) in [6.07, 6.45) is -0.164. The van der Waals surface area contributed by atoms with Crippen molar-refractivity contribution in [3.63, 3.8) is 0 Å². The van der Waals surface area contributed by atoms with Crippen LogP contribution in [0.4, 0.5) is 0 Å². The van der Waals surface area contributed by atoms with E-state index in [1.807, 2.05) is 6.92 Å². The molecule has 0 amide bonds. The Morgan fingerprint density at radius 2 is 1.95 bits per heavy atom. The number of hydrogen-bond donors (Lipinski definition) is 3. The van der Waals surface area contributed by atoms with Crippen molar-refractivity contribution in [1.82, 2.24) is 0 Å². The van der Waals surface area contributed by atoms with E-state index in [4.69, 9.17) is 18.6 Å². The van der Waals surface area contributed by atoms with Gasteiger partial charge in [-0.3, -0.25) is 9.59 Å². The van der Waals surface area contributed by atoms with Gasteiger partial charge in [-0.1, -0.05) is 20.8 Å². The van der Waals surface area contributed by atoms with Gasteiger partial charge >= 0.3 is 11.9 Å². The second kappa shape index (κ2) is 6.47. The van der Waals surface area contributed by atoms with E-state index in [-0.39, 0.29) is 18.6 Å². The lowest BCUT2D eigenvalue weighted by Crippen LogP contribution is -2.72. The third-order valence-corrected chi connectivity index (χ3v) is 11.9. The van der Waals surface area contributed by atoms with Crippen LogP contribution in [0.2, 0.25) is 0 Å². The molecule has 2 bridgehead atoms. The van der Waals surface area contributed by atoms with Crippen LogP contribution in [0.15, 0.2) is 23.0 Å². The van der Waals surface area contributed by atoms with Gasteiger partial charge in [-0.2, -0.15) is 0 Å². The van der Waals surface area contributed by atoms with Gasteiger partial charge in [0.15, 0.2) is 11.9 Å². The quantitative estimate of drug-likeness (QED) is 0.497. The van der Waals surface area contributed by atoms with E-state index in [0.717, 1.165) is 7.11 Å². The minimum atomic E-state index is -1.79. The monoisotopic (exact) mass is 516 g/mol. The van der Waals surface area contributed by atoms with Gasteiger partial charge in [0.2, 0.25) is 0 Å². The molecule has 0 radical (unpaired) electrons. The molecule has 10 nitrogen and oxygen atoms in total. The number of hydrogen-bond acceptors (Lipinski definition) is 10. The van der Waals surface area contributed by atoms with Gasteiger partial charge < -0.3 is 33.9 Å². The van der Waals surface area contributed by atoms with Crippen LogP contribution in [-0.2, 0) is 28.6 Å². The minimum absolute atomic E-state index is 0.0280. The lowest BCUT2D eigenvalue weighted by atomic mass is 9.45. The molecule has 1 aromatic heterocycles. The van der Waals surface area contributed by atoms with E-state index < -0.39 is 81.1 Å². The standard InChI is InChI=1S/C27H32O10/c1-22-11-25(32)18-16(19(22)30)37-26-9-14(28)36-20(12-6-8-35-10-12)23(26,2)7-5-13(27(18,26)33)24(25,3)17(22)15(29)21(31)34-4/h6,8,10,13,15-18,20,29,32-33H,5,7,9,11H2,1-4H3/t13-,15?,16?,17+,18?,20+,22-,23+,24-,25+,26-,27+/m1/s1. The zero-order valence-corrected chi connectivity index (χ0v) is 21.2. The predicted molar refractivity (Wildman–Crippen MR) is 121 cm³/mol. The van der Waals surface area contributed by atoms with Crippen molar-refractivity contribution in [2.45, 2.75) is 81.6 Å². The van der Waals surface area contributed by atoms with Gasteiger partial charge in [0.25, 0.3) is 0 Å². The second-order valence-corrected chi connectivity index (χ2v) is 12.9. The first-order chi connectivity index (χ1) is 17.3. The predicted octanol–water partition coefficient (Wildman–Crippen LogP) is 1.06. The zero-order valence-electron chi connectivity index (χ0n) is 21.2. The zero-order chi connectivity index (χ0) is 26.6. The molecule has 12 atom stereocenters. The highest BCUT2D eigenvalue weighted by Crippen LogP contribution is 2.85. The Kier molecular flexibility index (Phi) is 4.17. The van der Waals surface area contributed by atoms with Crippen molar-refractivity contribution < 1.29 is 48.3 Å². The Hall–Kier alpha value is -2.27. The first-order valence-corrected chi connectivity index (χ1v) is 12.9. The number of aliphatic hydroxyl groups excluding tert-OH is 1. The minimum Gasteiger partial charge on any atom is -0.472 e. The Balaban J connectivity index is 1.49. The Labute approximate surface area is 213 Å². The van der Waals surface area contributed by atoms with Crippen molar-refractivity contribution in [2.75, 3.05) is 7.11 Å². The van der Waals surface area contributed by atoms with Gasteiger partial charge in [-0.05, 0) is 31.2 Å². The largest absolute Gasteiger partial charge is 0.472 e. The van der Waals surface area contributed by atoms with Crippen molar-refractivity contribution in [1.29, 1.82) is 0 Å². The number of ether oxygens (including phenoxy) is 3. The van der Waals surface area contributed by atoms with Crippen molar-refractivity contribution in [2.24, 2.45) is 34.0 Å². The maximum Gasteiger partial charge on any atom is 0.335 e. The molecule has 3 N–H and O–H groups in total. The van der Waals surface area contributed by atoms with Gasteiger partial charge in [0.05, 0.1) is 37.6 Å². The van der Waals surface area contributed by atoms with E-state index in [9.17, 15) is 29.7 Å². The Morgan fingerprint density at radius 3 is 2.59 bits per heavy atom. The van der Waals surface area contributed by atoms with Crippen LogP contribution in [0.25, 0.3) is 0 Å². The summed E-state index contributed by atoms with van der Waals surface area (Å²) in [5.74, 6) is -4.55. The first-order valence-electron chi connectivity index (χ1n) is 12.9. The molecule has 6 aliphatic rings. The first kappa shape index (κ1) is 23.8. The molecule has 3 unspecified atom stereocenters. The molecule has 1 spiro atoms.